The van der Waals surface area contributed by atoms with E-state index in [0.29, 0.717) is 16.1 Å². The summed E-state index contributed by atoms with van der Waals surface area (Å²) in [7, 11) is 0. The van der Waals surface area contributed by atoms with Gasteiger partial charge in [0.2, 0.25) is 0 Å². The molecule has 0 atom stereocenters. The third-order valence-corrected chi connectivity index (χ3v) is 6.82. The van der Waals surface area contributed by atoms with Crippen LogP contribution in [0.2, 0.25) is 15.1 Å². The summed E-state index contributed by atoms with van der Waals surface area (Å²) in [6.07, 6.45) is 1.51. The fourth-order valence-corrected chi connectivity index (χ4v) is 4.95. The van der Waals surface area contributed by atoms with Crippen LogP contribution in [-0.4, -0.2) is 21.0 Å². The Labute approximate surface area is 219 Å². The number of imide groups is 1. The van der Waals surface area contributed by atoms with Gasteiger partial charge in [0.15, 0.2) is 5.75 Å². The lowest BCUT2D eigenvalue weighted by Gasteiger charge is -2.12. The highest BCUT2D eigenvalue weighted by molar-refractivity contribution is 8.18. The number of thioether (sulfide) groups is 1. The van der Waals surface area contributed by atoms with Gasteiger partial charge in [-0.05, 0) is 47.2 Å². The Balaban J connectivity index is 1.51. The van der Waals surface area contributed by atoms with E-state index in [4.69, 9.17) is 39.5 Å². The zero-order valence-corrected chi connectivity index (χ0v) is 20.8. The van der Waals surface area contributed by atoms with E-state index in [9.17, 15) is 19.7 Å². The number of hydrogen-bond acceptors (Lipinski definition) is 6. The van der Waals surface area contributed by atoms with Gasteiger partial charge in [-0.25, -0.2) is 0 Å². The smallest absolute Gasteiger partial charge is 0.293 e. The number of non-ortho nitro benzene ring substituents is 1. The van der Waals surface area contributed by atoms with Gasteiger partial charge < -0.3 is 4.74 Å². The number of ether oxygens (including phenoxy) is 1. The SMILES string of the molecule is O=C1S/C(=C/c2cc(Cl)c(OCc3ccccc3Cl)c(Cl)c2)C(=O)N1Cc1cccc([N+](=O)[O-])c1. The van der Waals surface area contributed by atoms with Crippen molar-refractivity contribution in [1.82, 2.24) is 4.90 Å². The van der Waals surface area contributed by atoms with Gasteiger partial charge in [-0.15, -0.1) is 0 Å². The predicted molar refractivity (Wildman–Crippen MR) is 137 cm³/mol. The number of nitro benzene ring substituents is 1. The van der Waals surface area contributed by atoms with Crippen LogP contribution in [0.4, 0.5) is 10.5 Å². The summed E-state index contributed by atoms with van der Waals surface area (Å²) in [6, 6.07) is 16.1. The number of carbonyl (C=O) groups excluding carboxylic acids is 2. The van der Waals surface area contributed by atoms with Crippen molar-refractivity contribution < 1.29 is 19.2 Å². The molecule has 0 unspecified atom stereocenters. The first-order valence-corrected chi connectivity index (χ1v) is 12.0. The number of rotatable bonds is 7. The van der Waals surface area contributed by atoms with Gasteiger partial charge in [-0.3, -0.25) is 24.6 Å². The molecule has 0 N–H and O–H groups in total. The van der Waals surface area contributed by atoms with E-state index >= 15 is 0 Å². The van der Waals surface area contributed by atoms with Gasteiger partial charge in [0, 0.05) is 22.7 Å². The fraction of sp³-hybridized carbons (Fsp3) is 0.0833. The molecule has 2 amide bonds. The summed E-state index contributed by atoms with van der Waals surface area (Å²) < 4.78 is 5.76. The van der Waals surface area contributed by atoms with Crippen molar-refractivity contribution in [3.05, 3.63) is 107 Å². The molecule has 3 aromatic rings. The van der Waals surface area contributed by atoms with Crippen LogP contribution < -0.4 is 4.74 Å². The van der Waals surface area contributed by atoms with Gasteiger partial charge in [0.1, 0.15) is 6.61 Å². The maximum absolute atomic E-state index is 12.9. The van der Waals surface area contributed by atoms with Crippen molar-refractivity contribution in [2.24, 2.45) is 0 Å². The summed E-state index contributed by atoms with van der Waals surface area (Å²) in [5.41, 5.74) is 1.62. The summed E-state index contributed by atoms with van der Waals surface area (Å²) in [5, 5.41) is 11.5. The summed E-state index contributed by atoms with van der Waals surface area (Å²) in [6.45, 7) is 0.0784. The minimum atomic E-state index is -0.535. The van der Waals surface area contributed by atoms with E-state index in [0.717, 1.165) is 22.2 Å². The third-order valence-electron chi connectivity index (χ3n) is 4.98. The van der Waals surface area contributed by atoms with Gasteiger partial charge in [-0.1, -0.05) is 65.1 Å². The summed E-state index contributed by atoms with van der Waals surface area (Å²) in [5.74, 6) is -0.248. The van der Waals surface area contributed by atoms with Crippen LogP contribution in [0.25, 0.3) is 6.08 Å². The van der Waals surface area contributed by atoms with Crippen molar-refractivity contribution >= 4 is 69.5 Å². The number of nitro groups is 1. The minimum Gasteiger partial charge on any atom is -0.486 e. The molecule has 7 nitrogen and oxygen atoms in total. The molecule has 1 saturated heterocycles. The highest BCUT2D eigenvalue weighted by Crippen LogP contribution is 2.38. The Kier molecular flexibility index (Phi) is 7.66. The molecule has 0 bridgehead atoms. The van der Waals surface area contributed by atoms with Gasteiger partial charge in [-0.2, -0.15) is 0 Å². The third kappa shape index (κ3) is 5.79. The fourth-order valence-electron chi connectivity index (χ4n) is 3.30. The van der Waals surface area contributed by atoms with E-state index in [1.807, 2.05) is 18.2 Å². The first-order valence-electron chi connectivity index (χ1n) is 10.1. The summed E-state index contributed by atoms with van der Waals surface area (Å²) in [4.78, 5) is 37.0. The molecule has 1 aliphatic rings. The van der Waals surface area contributed by atoms with Gasteiger partial charge in [0.25, 0.3) is 16.8 Å². The Bertz CT molecular complexity index is 1360. The highest BCUT2D eigenvalue weighted by Gasteiger charge is 2.35. The molecule has 35 heavy (non-hydrogen) atoms. The normalized spacial score (nSPS) is 14.6. The van der Waals surface area contributed by atoms with Gasteiger partial charge in [0.05, 0.1) is 26.4 Å². The molecular weight excluding hydrogens is 535 g/mol. The van der Waals surface area contributed by atoms with Gasteiger partial charge >= 0.3 is 0 Å². The number of benzene rings is 3. The average Bonchev–Trinajstić information content (AvgIpc) is 3.07. The quantitative estimate of drug-likeness (QED) is 0.174. The number of nitrogens with zero attached hydrogens (tertiary/aromatic N) is 2. The first-order chi connectivity index (χ1) is 16.7. The molecule has 0 saturated carbocycles. The zero-order chi connectivity index (χ0) is 25.1. The Morgan fingerprint density at radius 3 is 2.37 bits per heavy atom. The first kappa shape index (κ1) is 25.1. The Morgan fingerprint density at radius 1 is 0.971 bits per heavy atom. The number of halogens is 3. The number of carbonyl (C=O) groups is 2. The molecular formula is C24H15Cl3N2O5S. The van der Waals surface area contributed by atoms with E-state index < -0.39 is 16.1 Å². The zero-order valence-electron chi connectivity index (χ0n) is 17.7. The van der Waals surface area contributed by atoms with Crippen molar-refractivity contribution in [2.75, 3.05) is 0 Å². The molecule has 0 spiro atoms. The molecule has 0 aromatic heterocycles. The predicted octanol–water partition coefficient (Wildman–Crippen LogP) is 7.37. The standard InChI is InChI=1S/C24H15Cl3N2O5S/c25-18-7-2-1-5-16(18)13-34-22-19(26)9-15(10-20(22)27)11-21-23(30)28(24(31)35-21)12-14-4-3-6-17(8-14)29(32)33/h1-11H,12-13H2/b21-11+. The Morgan fingerprint density at radius 2 is 1.69 bits per heavy atom. The van der Waals surface area contributed by atoms with E-state index in [2.05, 4.69) is 0 Å². The molecule has 1 aliphatic heterocycles. The average molecular weight is 550 g/mol. The molecule has 0 radical (unpaired) electrons. The van der Waals surface area contributed by atoms with Crippen LogP contribution in [-0.2, 0) is 17.9 Å². The molecule has 0 aliphatic carbocycles. The van der Waals surface area contributed by atoms with Crippen LogP contribution in [0.5, 0.6) is 5.75 Å². The topological polar surface area (TPSA) is 89.8 Å². The molecule has 11 heteroatoms. The van der Waals surface area contributed by atoms with E-state index in [1.54, 1.807) is 24.3 Å². The van der Waals surface area contributed by atoms with Crippen molar-refractivity contribution in [1.29, 1.82) is 0 Å². The monoisotopic (exact) mass is 548 g/mol. The lowest BCUT2D eigenvalue weighted by molar-refractivity contribution is -0.384. The van der Waals surface area contributed by atoms with Crippen LogP contribution >= 0.6 is 46.6 Å². The summed E-state index contributed by atoms with van der Waals surface area (Å²) >= 11 is 19.7. The highest BCUT2D eigenvalue weighted by atomic mass is 35.5. The van der Waals surface area contributed by atoms with E-state index in [-0.39, 0.29) is 39.5 Å². The second-order valence-corrected chi connectivity index (χ2v) is 9.60. The van der Waals surface area contributed by atoms with Crippen molar-refractivity contribution in [3.63, 3.8) is 0 Å². The van der Waals surface area contributed by atoms with Crippen LogP contribution in [0.1, 0.15) is 16.7 Å². The molecule has 1 heterocycles. The number of hydrogen-bond donors (Lipinski definition) is 0. The molecule has 4 rings (SSSR count). The van der Waals surface area contributed by atoms with Crippen LogP contribution in [0.3, 0.4) is 0 Å². The van der Waals surface area contributed by atoms with Crippen LogP contribution in [0, 0.1) is 10.1 Å². The van der Waals surface area contributed by atoms with Crippen LogP contribution in [0.15, 0.2) is 65.6 Å². The largest absolute Gasteiger partial charge is 0.486 e. The molecule has 3 aromatic carbocycles. The minimum absolute atomic E-state index is 0.0833. The number of amides is 2. The van der Waals surface area contributed by atoms with E-state index in [1.165, 1.54) is 24.3 Å². The molecule has 1 fully saturated rings. The lowest BCUT2D eigenvalue weighted by atomic mass is 10.1. The lowest BCUT2D eigenvalue weighted by Crippen LogP contribution is -2.27. The van der Waals surface area contributed by atoms with Crippen molar-refractivity contribution in [3.8, 4) is 5.75 Å². The van der Waals surface area contributed by atoms with Crippen molar-refractivity contribution in [2.45, 2.75) is 13.2 Å². The maximum atomic E-state index is 12.9. The molecule has 178 valence electrons. The maximum Gasteiger partial charge on any atom is 0.293 e. The second-order valence-electron chi connectivity index (χ2n) is 7.39. The Hall–Kier alpha value is -3.04. The second kappa shape index (κ2) is 10.7.